The first-order chi connectivity index (χ1) is 11.2. The van der Waals surface area contributed by atoms with E-state index in [0.717, 1.165) is 38.1 Å². The van der Waals surface area contributed by atoms with E-state index in [9.17, 15) is 4.79 Å². The van der Waals surface area contributed by atoms with Crippen LogP contribution < -0.4 is 15.8 Å². The number of fused-ring (bicyclic) bond motifs is 1. The van der Waals surface area contributed by atoms with Gasteiger partial charge in [0.1, 0.15) is 11.4 Å². The van der Waals surface area contributed by atoms with E-state index >= 15 is 0 Å². The Labute approximate surface area is 137 Å². The normalized spacial score (nSPS) is 26.3. The molecule has 1 atom stereocenters. The largest absolute Gasteiger partial charge is 0.487 e. The van der Waals surface area contributed by atoms with Crippen molar-refractivity contribution in [1.82, 2.24) is 10.2 Å². The quantitative estimate of drug-likeness (QED) is 0.881. The van der Waals surface area contributed by atoms with Crippen LogP contribution in [0.1, 0.15) is 50.1 Å². The van der Waals surface area contributed by atoms with Gasteiger partial charge >= 0.3 is 6.03 Å². The molecule has 2 heterocycles. The molecule has 5 heteroatoms. The van der Waals surface area contributed by atoms with Gasteiger partial charge in [-0.1, -0.05) is 18.2 Å². The molecule has 4 rings (SSSR count). The maximum atomic E-state index is 11.3. The number of para-hydroxylation sites is 1. The molecule has 1 unspecified atom stereocenters. The number of rotatable bonds is 2. The SMILES string of the molecule is NC(=O)N1CCC(NC2CC3(CCC3)Oc3ccccc32)CC1. The van der Waals surface area contributed by atoms with Crippen molar-refractivity contribution >= 4 is 6.03 Å². The van der Waals surface area contributed by atoms with Crippen molar-refractivity contribution in [3.05, 3.63) is 29.8 Å². The molecule has 0 bridgehead atoms. The monoisotopic (exact) mass is 315 g/mol. The Morgan fingerprint density at radius 2 is 2.00 bits per heavy atom. The number of ether oxygens (including phenoxy) is 1. The predicted molar refractivity (Wildman–Crippen MR) is 88.3 cm³/mol. The number of hydrogen-bond donors (Lipinski definition) is 2. The predicted octanol–water partition coefficient (Wildman–Crippen LogP) is 2.57. The van der Waals surface area contributed by atoms with E-state index in [1.54, 1.807) is 4.90 Å². The first kappa shape index (κ1) is 14.8. The van der Waals surface area contributed by atoms with Gasteiger partial charge in [-0.3, -0.25) is 0 Å². The number of hydrogen-bond acceptors (Lipinski definition) is 3. The van der Waals surface area contributed by atoms with Gasteiger partial charge in [0, 0.05) is 37.2 Å². The Kier molecular flexibility index (Phi) is 3.68. The zero-order valence-corrected chi connectivity index (χ0v) is 13.5. The van der Waals surface area contributed by atoms with E-state index in [1.165, 1.54) is 24.8 Å². The summed E-state index contributed by atoms with van der Waals surface area (Å²) in [6.45, 7) is 1.51. The molecule has 1 aromatic carbocycles. The first-order valence-electron chi connectivity index (χ1n) is 8.74. The number of urea groups is 1. The molecule has 0 radical (unpaired) electrons. The molecule has 1 saturated carbocycles. The molecule has 1 saturated heterocycles. The Hall–Kier alpha value is -1.75. The molecule has 23 heavy (non-hydrogen) atoms. The number of carbonyl (C=O) groups excluding carboxylic acids is 1. The van der Waals surface area contributed by atoms with E-state index in [-0.39, 0.29) is 11.6 Å². The standard InChI is InChI=1S/C18H25N3O2/c19-17(22)21-10-6-13(7-11-21)20-15-12-18(8-3-9-18)23-16-5-2-1-4-14(15)16/h1-2,4-5,13,15,20H,3,6-12H2,(H2,19,22). The number of piperidine rings is 1. The average Bonchev–Trinajstić information content (AvgIpc) is 2.54. The lowest BCUT2D eigenvalue weighted by molar-refractivity contribution is -0.0386. The average molecular weight is 315 g/mol. The second-order valence-corrected chi connectivity index (χ2v) is 7.20. The fourth-order valence-corrected chi connectivity index (χ4v) is 4.20. The van der Waals surface area contributed by atoms with Crippen LogP contribution in [0.2, 0.25) is 0 Å². The smallest absolute Gasteiger partial charge is 0.314 e. The highest BCUT2D eigenvalue weighted by atomic mass is 16.5. The van der Waals surface area contributed by atoms with Gasteiger partial charge in [0.25, 0.3) is 0 Å². The Morgan fingerprint density at radius 1 is 1.26 bits per heavy atom. The van der Waals surface area contributed by atoms with Crippen molar-refractivity contribution < 1.29 is 9.53 Å². The summed E-state index contributed by atoms with van der Waals surface area (Å²) >= 11 is 0. The van der Waals surface area contributed by atoms with E-state index in [4.69, 9.17) is 10.5 Å². The number of benzene rings is 1. The first-order valence-corrected chi connectivity index (χ1v) is 8.74. The molecule has 3 aliphatic rings. The van der Waals surface area contributed by atoms with Gasteiger partial charge < -0.3 is 20.7 Å². The number of primary amides is 1. The van der Waals surface area contributed by atoms with Crippen LogP contribution >= 0.6 is 0 Å². The van der Waals surface area contributed by atoms with Crippen LogP contribution in [0.4, 0.5) is 4.79 Å². The molecule has 1 aromatic rings. The molecule has 2 amide bonds. The van der Waals surface area contributed by atoms with Crippen LogP contribution in [0.5, 0.6) is 5.75 Å². The fourth-order valence-electron chi connectivity index (χ4n) is 4.20. The van der Waals surface area contributed by atoms with Crippen LogP contribution in [0.15, 0.2) is 24.3 Å². The molecule has 2 aliphatic heterocycles. The molecule has 1 spiro atoms. The number of amides is 2. The summed E-state index contributed by atoms with van der Waals surface area (Å²) in [7, 11) is 0. The molecular weight excluding hydrogens is 290 g/mol. The summed E-state index contributed by atoms with van der Waals surface area (Å²) in [5.41, 5.74) is 6.71. The molecule has 2 fully saturated rings. The zero-order valence-electron chi connectivity index (χ0n) is 13.5. The highest BCUT2D eigenvalue weighted by molar-refractivity contribution is 5.72. The number of likely N-dealkylation sites (tertiary alicyclic amines) is 1. The molecule has 5 nitrogen and oxygen atoms in total. The molecule has 0 aromatic heterocycles. The van der Waals surface area contributed by atoms with Crippen LogP contribution in [-0.2, 0) is 0 Å². The second-order valence-electron chi connectivity index (χ2n) is 7.20. The lowest BCUT2D eigenvalue weighted by Crippen LogP contribution is -2.52. The van der Waals surface area contributed by atoms with Gasteiger partial charge in [-0.15, -0.1) is 0 Å². The number of nitrogens with two attached hydrogens (primary N) is 1. The van der Waals surface area contributed by atoms with E-state index in [0.29, 0.717) is 12.1 Å². The Bertz CT molecular complexity index is 592. The third-order valence-corrected chi connectivity index (χ3v) is 5.71. The third-order valence-electron chi connectivity index (χ3n) is 5.71. The molecule has 1 aliphatic carbocycles. The van der Waals surface area contributed by atoms with Crippen molar-refractivity contribution in [2.75, 3.05) is 13.1 Å². The van der Waals surface area contributed by atoms with Crippen LogP contribution in [-0.4, -0.2) is 35.7 Å². The summed E-state index contributed by atoms with van der Waals surface area (Å²) in [4.78, 5) is 13.0. The van der Waals surface area contributed by atoms with Gasteiger partial charge in [0.15, 0.2) is 0 Å². The maximum Gasteiger partial charge on any atom is 0.314 e. The van der Waals surface area contributed by atoms with Gasteiger partial charge in [-0.25, -0.2) is 4.79 Å². The van der Waals surface area contributed by atoms with Crippen LogP contribution in [0.25, 0.3) is 0 Å². The van der Waals surface area contributed by atoms with Gasteiger partial charge in [-0.2, -0.15) is 0 Å². The fraction of sp³-hybridized carbons (Fsp3) is 0.611. The van der Waals surface area contributed by atoms with E-state index < -0.39 is 0 Å². The van der Waals surface area contributed by atoms with Gasteiger partial charge in [0.05, 0.1) is 0 Å². The summed E-state index contributed by atoms with van der Waals surface area (Å²) in [6.07, 6.45) is 6.59. The Morgan fingerprint density at radius 3 is 2.65 bits per heavy atom. The minimum atomic E-state index is -0.298. The number of nitrogens with zero attached hydrogens (tertiary/aromatic N) is 1. The van der Waals surface area contributed by atoms with Crippen molar-refractivity contribution in [3.8, 4) is 5.75 Å². The topological polar surface area (TPSA) is 67.6 Å². The lowest BCUT2D eigenvalue weighted by Gasteiger charge is -2.49. The Balaban J connectivity index is 1.47. The summed E-state index contributed by atoms with van der Waals surface area (Å²) in [5, 5.41) is 3.84. The molecule has 124 valence electrons. The maximum absolute atomic E-state index is 11.3. The van der Waals surface area contributed by atoms with Crippen LogP contribution in [0.3, 0.4) is 0 Å². The second kappa shape index (κ2) is 5.71. The number of carbonyl (C=O) groups is 1. The van der Waals surface area contributed by atoms with Crippen molar-refractivity contribution in [2.45, 2.75) is 56.2 Å². The summed E-state index contributed by atoms with van der Waals surface area (Å²) < 4.78 is 6.31. The minimum absolute atomic E-state index is 0.0555. The number of nitrogens with one attached hydrogen (secondary N) is 1. The zero-order chi connectivity index (χ0) is 15.9. The highest BCUT2D eigenvalue weighted by Gasteiger charge is 2.45. The van der Waals surface area contributed by atoms with Gasteiger partial charge in [0.2, 0.25) is 0 Å². The molecule has 3 N–H and O–H groups in total. The van der Waals surface area contributed by atoms with Crippen molar-refractivity contribution in [3.63, 3.8) is 0 Å². The highest BCUT2D eigenvalue weighted by Crippen LogP contribution is 2.48. The van der Waals surface area contributed by atoms with Crippen molar-refractivity contribution in [1.29, 1.82) is 0 Å². The third kappa shape index (κ3) is 2.78. The van der Waals surface area contributed by atoms with E-state index in [2.05, 4.69) is 29.6 Å². The minimum Gasteiger partial charge on any atom is -0.487 e. The summed E-state index contributed by atoms with van der Waals surface area (Å²) in [6, 6.07) is 8.91. The summed E-state index contributed by atoms with van der Waals surface area (Å²) in [5.74, 6) is 1.05. The van der Waals surface area contributed by atoms with Crippen molar-refractivity contribution in [2.24, 2.45) is 5.73 Å². The van der Waals surface area contributed by atoms with Gasteiger partial charge in [-0.05, 0) is 38.2 Å². The van der Waals surface area contributed by atoms with E-state index in [1.807, 2.05) is 0 Å². The molecular formula is C18H25N3O2. The lowest BCUT2D eigenvalue weighted by atomic mass is 9.72. The van der Waals surface area contributed by atoms with Crippen LogP contribution in [0, 0.1) is 0 Å².